The number of aromatic nitrogens is 2. The van der Waals surface area contributed by atoms with Crippen LogP contribution in [0.5, 0.6) is 17.2 Å². The number of carbonyl (C=O) groups is 1. The van der Waals surface area contributed by atoms with E-state index in [1.54, 1.807) is 24.5 Å². The Kier molecular flexibility index (Phi) is 4.04. The van der Waals surface area contributed by atoms with Crippen molar-refractivity contribution in [1.29, 1.82) is 0 Å². The van der Waals surface area contributed by atoms with E-state index in [9.17, 15) is 4.79 Å². The third-order valence-electron chi connectivity index (χ3n) is 3.74. The average Bonchev–Trinajstić information content (AvgIpc) is 3.12. The SMILES string of the molecule is O=C(COc1ccc2nccnc2c1)NCc1ccc2c(c1)OCO2. The third kappa shape index (κ3) is 3.45. The standard InChI is InChI=1S/C18H15N3O4/c22-18(21-9-12-1-4-16-17(7-12)25-11-24-16)10-23-13-2-3-14-15(8-13)20-6-5-19-14/h1-8H,9-11H2,(H,21,22). The second-order valence-electron chi connectivity index (χ2n) is 5.46. The molecular formula is C18H15N3O4. The smallest absolute Gasteiger partial charge is 0.258 e. The summed E-state index contributed by atoms with van der Waals surface area (Å²) in [5.41, 5.74) is 2.43. The van der Waals surface area contributed by atoms with E-state index in [4.69, 9.17) is 14.2 Å². The molecule has 2 aromatic carbocycles. The van der Waals surface area contributed by atoms with E-state index in [2.05, 4.69) is 15.3 Å². The highest BCUT2D eigenvalue weighted by Crippen LogP contribution is 2.32. The molecule has 2 heterocycles. The fraction of sp³-hybridized carbons (Fsp3) is 0.167. The monoisotopic (exact) mass is 337 g/mol. The zero-order valence-corrected chi connectivity index (χ0v) is 13.3. The number of benzene rings is 2. The van der Waals surface area contributed by atoms with Crippen molar-refractivity contribution in [2.45, 2.75) is 6.54 Å². The molecule has 1 N–H and O–H groups in total. The van der Waals surface area contributed by atoms with Gasteiger partial charge in [0, 0.05) is 25.0 Å². The molecule has 1 aromatic heterocycles. The Bertz CT molecular complexity index is 929. The second kappa shape index (κ2) is 6.64. The molecule has 3 aromatic rings. The van der Waals surface area contributed by atoms with Crippen LogP contribution in [-0.4, -0.2) is 29.3 Å². The molecule has 0 spiro atoms. The number of carbonyl (C=O) groups excluding carboxylic acids is 1. The number of nitrogens with zero attached hydrogens (tertiary/aromatic N) is 2. The molecule has 1 aliphatic heterocycles. The molecule has 0 unspecified atom stereocenters. The first kappa shape index (κ1) is 15.2. The topological polar surface area (TPSA) is 82.6 Å². The van der Waals surface area contributed by atoms with E-state index in [-0.39, 0.29) is 19.3 Å². The van der Waals surface area contributed by atoms with Crippen LogP contribution in [0.15, 0.2) is 48.8 Å². The Hall–Kier alpha value is -3.35. The van der Waals surface area contributed by atoms with Crippen LogP contribution < -0.4 is 19.5 Å². The van der Waals surface area contributed by atoms with Crippen molar-refractivity contribution >= 4 is 16.9 Å². The Morgan fingerprint density at radius 1 is 1.04 bits per heavy atom. The average molecular weight is 337 g/mol. The second-order valence-corrected chi connectivity index (χ2v) is 5.46. The van der Waals surface area contributed by atoms with Gasteiger partial charge in [0.15, 0.2) is 18.1 Å². The number of rotatable bonds is 5. The highest BCUT2D eigenvalue weighted by Gasteiger charge is 2.13. The predicted molar refractivity (Wildman–Crippen MR) is 89.4 cm³/mol. The Labute approximate surface area is 143 Å². The molecule has 0 radical (unpaired) electrons. The van der Waals surface area contributed by atoms with Crippen molar-refractivity contribution in [2.75, 3.05) is 13.4 Å². The molecule has 7 heteroatoms. The van der Waals surface area contributed by atoms with Crippen LogP contribution in [0.3, 0.4) is 0 Å². The third-order valence-corrected chi connectivity index (χ3v) is 3.74. The van der Waals surface area contributed by atoms with E-state index in [1.165, 1.54) is 0 Å². The van der Waals surface area contributed by atoms with Crippen molar-refractivity contribution < 1.29 is 19.0 Å². The number of hydrogen-bond acceptors (Lipinski definition) is 6. The van der Waals surface area contributed by atoms with Crippen LogP contribution in [0, 0.1) is 0 Å². The molecule has 25 heavy (non-hydrogen) atoms. The van der Waals surface area contributed by atoms with E-state index in [0.29, 0.717) is 18.0 Å². The van der Waals surface area contributed by atoms with Gasteiger partial charge in [0.1, 0.15) is 5.75 Å². The number of amides is 1. The molecule has 126 valence electrons. The lowest BCUT2D eigenvalue weighted by atomic mass is 10.2. The van der Waals surface area contributed by atoms with Crippen LogP contribution in [-0.2, 0) is 11.3 Å². The lowest BCUT2D eigenvalue weighted by Crippen LogP contribution is -2.28. The quantitative estimate of drug-likeness (QED) is 0.767. The Balaban J connectivity index is 1.31. The Morgan fingerprint density at radius 3 is 2.80 bits per heavy atom. The van der Waals surface area contributed by atoms with Gasteiger partial charge >= 0.3 is 0 Å². The summed E-state index contributed by atoms with van der Waals surface area (Å²) in [5, 5.41) is 2.81. The van der Waals surface area contributed by atoms with Gasteiger partial charge in [0.2, 0.25) is 6.79 Å². The molecule has 1 aliphatic rings. The number of ether oxygens (including phenoxy) is 3. The van der Waals surface area contributed by atoms with Crippen LogP contribution in [0.2, 0.25) is 0 Å². The van der Waals surface area contributed by atoms with Gasteiger partial charge in [-0.25, -0.2) is 0 Å². The summed E-state index contributed by atoms with van der Waals surface area (Å²) in [6.45, 7) is 0.549. The fourth-order valence-electron chi connectivity index (χ4n) is 2.48. The van der Waals surface area contributed by atoms with Gasteiger partial charge in [0.25, 0.3) is 5.91 Å². The van der Waals surface area contributed by atoms with Gasteiger partial charge in [-0.05, 0) is 29.8 Å². The molecular weight excluding hydrogens is 322 g/mol. The maximum Gasteiger partial charge on any atom is 0.258 e. The zero-order chi connectivity index (χ0) is 17.1. The van der Waals surface area contributed by atoms with E-state index < -0.39 is 0 Å². The minimum absolute atomic E-state index is 0.0731. The summed E-state index contributed by atoms with van der Waals surface area (Å²) >= 11 is 0. The van der Waals surface area contributed by atoms with Gasteiger partial charge in [-0.3, -0.25) is 14.8 Å². The van der Waals surface area contributed by atoms with Gasteiger partial charge in [-0.1, -0.05) is 6.07 Å². The minimum Gasteiger partial charge on any atom is -0.484 e. The lowest BCUT2D eigenvalue weighted by Gasteiger charge is -2.08. The summed E-state index contributed by atoms with van der Waals surface area (Å²) in [7, 11) is 0. The molecule has 0 saturated carbocycles. The van der Waals surface area contributed by atoms with Crippen molar-refractivity contribution in [1.82, 2.24) is 15.3 Å². The fourth-order valence-corrected chi connectivity index (χ4v) is 2.48. The molecule has 1 amide bonds. The van der Waals surface area contributed by atoms with Crippen molar-refractivity contribution in [3.05, 3.63) is 54.4 Å². The Morgan fingerprint density at radius 2 is 1.88 bits per heavy atom. The minimum atomic E-state index is -0.211. The van der Waals surface area contributed by atoms with Crippen LogP contribution in [0.25, 0.3) is 11.0 Å². The van der Waals surface area contributed by atoms with Gasteiger partial charge < -0.3 is 19.5 Å². The van der Waals surface area contributed by atoms with Crippen LogP contribution >= 0.6 is 0 Å². The predicted octanol–water partition coefficient (Wildman–Crippen LogP) is 2.05. The zero-order valence-electron chi connectivity index (χ0n) is 13.3. The molecule has 0 atom stereocenters. The summed E-state index contributed by atoms with van der Waals surface area (Å²) in [6.07, 6.45) is 3.25. The molecule has 0 bridgehead atoms. The maximum atomic E-state index is 12.0. The normalized spacial score (nSPS) is 12.2. The molecule has 7 nitrogen and oxygen atoms in total. The summed E-state index contributed by atoms with van der Waals surface area (Å²) in [5.74, 6) is 1.78. The molecule has 0 saturated heterocycles. The number of fused-ring (bicyclic) bond motifs is 2. The largest absolute Gasteiger partial charge is 0.484 e. The number of hydrogen-bond donors (Lipinski definition) is 1. The lowest BCUT2D eigenvalue weighted by molar-refractivity contribution is -0.123. The number of nitrogens with one attached hydrogen (secondary N) is 1. The highest BCUT2D eigenvalue weighted by molar-refractivity contribution is 5.78. The van der Waals surface area contributed by atoms with Gasteiger partial charge in [-0.2, -0.15) is 0 Å². The summed E-state index contributed by atoms with van der Waals surface area (Å²) in [4.78, 5) is 20.4. The first-order valence-electron chi connectivity index (χ1n) is 7.77. The molecule has 0 aliphatic carbocycles. The van der Waals surface area contributed by atoms with E-state index >= 15 is 0 Å². The molecule has 4 rings (SSSR count). The van der Waals surface area contributed by atoms with E-state index in [1.807, 2.05) is 24.3 Å². The highest BCUT2D eigenvalue weighted by atomic mass is 16.7. The van der Waals surface area contributed by atoms with Crippen molar-refractivity contribution in [2.24, 2.45) is 0 Å². The van der Waals surface area contributed by atoms with Crippen molar-refractivity contribution in [3.63, 3.8) is 0 Å². The first-order chi connectivity index (χ1) is 12.3. The summed E-state index contributed by atoms with van der Waals surface area (Å²) < 4.78 is 16.1. The molecule has 0 fully saturated rings. The van der Waals surface area contributed by atoms with Gasteiger partial charge in [-0.15, -0.1) is 0 Å². The first-order valence-corrected chi connectivity index (χ1v) is 7.77. The summed E-state index contributed by atoms with van der Waals surface area (Å²) in [6, 6.07) is 10.9. The van der Waals surface area contributed by atoms with E-state index in [0.717, 1.165) is 22.3 Å². The van der Waals surface area contributed by atoms with Crippen molar-refractivity contribution in [3.8, 4) is 17.2 Å². The maximum absolute atomic E-state index is 12.0. The van der Waals surface area contributed by atoms with Crippen LogP contribution in [0.1, 0.15) is 5.56 Å². The van der Waals surface area contributed by atoms with Gasteiger partial charge in [0.05, 0.1) is 11.0 Å². The van der Waals surface area contributed by atoms with Crippen LogP contribution in [0.4, 0.5) is 0 Å².